The number of hydrogen-bond acceptors (Lipinski definition) is 2. The van der Waals surface area contributed by atoms with Crippen molar-refractivity contribution in [2.75, 3.05) is 0 Å². The fraction of sp³-hybridized carbons (Fsp3) is 0.143. The molecular formula is C7H9O3RbS. The van der Waals surface area contributed by atoms with Crippen LogP contribution in [0.15, 0.2) is 29.2 Å². The molecule has 1 aromatic carbocycles. The maximum atomic E-state index is 10.5. The zero-order valence-corrected chi connectivity index (χ0v) is 6.80. The van der Waals surface area contributed by atoms with E-state index in [0.717, 1.165) is 5.56 Å². The van der Waals surface area contributed by atoms with Crippen molar-refractivity contribution in [3.05, 3.63) is 29.8 Å². The molecule has 0 aliphatic rings. The van der Waals surface area contributed by atoms with Gasteiger partial charge in [0.15, 0.2) is 0 Å². The van der Waals surface area contributed by atoms with Crippen molar-refractivity contribution >= 4 is 68.3 Å². The van der Waals surface area contributed by atoms with Crippen molar-refractivity contribution in [1.29, 1.82) is 0 Å². The molecule has 62 valence electrons. The Kier molecular flexibility index (Phi) is 5.36. The minimum absolute atomic E-state index is 0. The fourth-order valence-electron chi connectivity index (χ4n) is 0.710. The van der Waals surface area contributed by atoms with Gasteiger partial charge in [0.05, 0.1) is 4.90 Å². The molecule has 0 unspecified atom stereocenters. The average molecular weight is 259 g/mol. The second-order valence-corrected chi connectivity index (χ2v) is 3.71. The number of rotatable bonds is 1. The molecule has 0 aliphatic carbocycles. The van der Waals surface area contributed by atoms with Crippen molar-refractivity contribution in [2.24, 2.45) is 0 Å². The maximum absolute atomic E-state index is 10.5. The van der Waals surface area contributed by atoms with Crippen LogP contribution in [0, 0.1) is 6.92 Å². The molecule has 1 aromatic rings. The van der Waals surface area contributed by atoms with Gasteiger partial charge in [-0.2, -0.15) is 8.42 Å². The van der Waals surface area contributed by atoms with Crippen molar-refractivity contribution in [3.63, 3.8) is 0 Å². The Morgan fingerprint density at radius 2 is 1.58 bits per heavy atom. The molecule has 1 rings (SSSR count). The molecule has 0 aromatic heterocycles. The molecule has 5 heteroatoms. The molecule has 3 nitrogen and oxygen atoms in total. The normalized spacial score (nSPS) is 10.5. The second kappa shape index (κ2) is 4.98. The Morgan fingerprint density at radius 3 is 1.92 bits per heavy atom. The Labute approximate surface area is 121 Å². The van der Waals surface area contributed by atoms with Gasteiger partial charge in [-0.25, -0.2) is 0 Å². The van der Waals surface area contributed by atoms with Gasteiger partial charge >= 0.3 is 58.2 Å². The zero-order chi connectivity index (χ0) is 8.48. The Morgan fingerprint density at radius 1 is 1.17 bits per heavy atom. The quantitative estimate of drug-likeness (QED) is 0.751. The summed E-state index contributed by atoms with van der Waals surface area (Å²) in [4.78, 5) is -0.0666. The summed E-state index contributed by atoms with van der Waals surface area (Å²) in [6.07, 6.45) is 0. The second-order valence-electron chi connectivity index (χ2n) is 2.29. The Balaban J connectivity index is 0.00000121. The van der Waals surface area contributed by atoms with Gasteiger partial charge in [-0.15, -0.1) is 0 Å². The van der Waals surface area contributed by atoms with Crippen molar-refractivity contribution in [1.82, 2.24) is 0 Å². The molecule has 0 saturated heterocycles. The standard InChI is InChI=1S/C7H8O3S.Rb.H/c1-6-2-4-7(5-3-6)11(8,9)10;;/h2-5H,1H3,(H,8,9,10);;. The molecule has 0 amide bonds. The first-order chi connectivity index (χ1) is 5.00. The van der Waals surface area contributed by atoms with Crippen LogP contribution in [0.1, 0.15) is 5.56 Å². The summed E-state index contributed by atoms with van der Waals surface area (Å²) in [5.74, 6) is 0. The van der Waals surface area contributed by atoms with Gasteiger partial charge in [-0.3, -0.25) is 4.55 Å². The van der Waals surface area contributed by atoms with Gasteiger partial charge in [-0.1, -0.05) is 17.7 Å². The SMILES string of the molecule is Cc1ccc(S(=O)(=O)O)cc1.[RbH]. The van der Waals surface area contributed by atoms with Gasteiger partial charge in [0.2, 0.25) is 0 Å². The van der Waals surface area contributed by atoms with E-state index in [9.17, 15) is 8.42 Å². The number of benzene rings is 1. The molecule has 0 radical (unpaired) electrons. The van der Waals surface area contributed by atoms with Crippen LogP contribution >= 0.6 is 0 Å². The molecule has 0 atom stereocenters. The predicted molar refractivity (Wildman–Crippen MR) is 48.1 cm³/mol. The van der Waals surface area contributed by atoms with Gasteiger partial charge in [0.25, 0.3) is 10.1 Å². The van der Waals surface area contributed by atoms with E-state index in [-0.39, 0.29) is 63.1 Å². The number of aryl methyl sites for hydroxylation is 1. The third-order valence-corrected chi connectivity index (χ3v) is 2.19. The van der Waals surface area contributed by atoms with Crippen molar-refractivity contribution < 1.29 is 13.0 Å². The van der Waals surface area contributed by atoms with Gasteiger partial charge in [0.1, 0.15) is 0 Å². The van der Waals surface area contributed by atoms with Crippen molar-refractivity contribution in [3.8, 4) is 0 Å². The average Bonchev–Trinajstić information content (AvgIpc) is 1.86. The number of hydrogen-bond donors (Lipinski definition) is 1. The summed E-state index contributed by atoms with van der Waals surface area (Å²) in [5.41, 5.74) is 0.956. The molecule has 1 N–H and O–H groups in total. The van der Waals surface area contributed by atoms with Gasteiger partial charge in [0, 0.05) is 0 Å². The van der Waals surface area contributed by atoms with Crippen LogP contribution < -0.4 is 0 Å². The van der Waals surface area contributed by atoms with Crippen LogP contribution in [0.5, 0.6) is 0 Å². The van der Waals surface area contributed by atoms with Crippen LogP contribution in [-0.4, -0.2) is 71.2 Å². The molecule has 0 spiro atoms. The topological polar surface area (TPSA) is 54.4 Å². The van der Waals surface area contributed by atoms with Crippen LogP contribution in [0.3, 0.4) is 0 Å². The molecule has 0 heterocycles. The summed E-state index contributed by atoms with van der Waals surface area (Å²) < 4.78 is 29.6. The van der Waals surface area contributed by atoms with E-state index in [4.69, 9.17) is 4.55 Å². The van der Waals surface area contributed by atoms with Crippen LogP contribution in [0.25, 0.3) is 0 Å². The monoisotopic (exact) mass is 258 g/mol. The summed E-state index contributed by atoms with van der Waals surface area (Å²) in [6.45, 7) is 1.84. The van der Waals surface area contributed by atoms with Crippen LogP contribution in [0.2, 0.25) is 0 Å². The molecular weight excluding hydrogens is 250 g/mol. The first-order valence-electron chi connectivity index (χ1n) is 3.04. The van der Waals surface area contributed by atoms with E-state index in [1.807, 2.05) is 6.92 Å². The third-order valence-electron chi connectivity index (χ3n) is 1.32. The first-order valence-corrected chi connectivity index (χ1v) is 4.48. The summed E-state index contributed by atoms with van der Waals surface area (Å²) >= 11 is 0. The predicted octanol–water partition coefficient (Wildman–Crippen LogP) is 0.593. The molecule has 0 fully saturated rings. The molecule has 12 heavy (non-hydrogen) atoms. The van der Waals surface area contributed by atoms with Gasteiger partial charge < -0.3 is 0 Å². The van der Waals surface area contributed by atoms with Crippen LogP contribution in [-0.2, 0) is 10.1 Å². The van der Waals surface area contributed by atoms with E-state index in [2.05, 4.69) is 0 Å². The third kappa shape index (κ3) is 3.76. The van der Waals surface area contributed by atoms with Gasteiger partial charge in [-0.05, 0) is 19.1 Å². The first kappa shape index (κ1) is 12.9. The van der Waals surface area contributed by atoms with E-state index in [0.29, 0.717) is 0 Å². The summed E-state index contributed by atoms with van der Waals surface area (Å²) in [7, 11) is -4.02. The zero-order valence-electron chi connectivity index (χ0n) is 5.98. The Hall–Kier alpha value is 0.935. The van der Waals surface area contributed by atoms with E-state index in [1.165, 1.54) is 12.1 Å². The summed E-state index contributed by atoms with van der Waals surface area (Å²) in [5, 5.41) is 0. The summed E-state index contributed by atoms with van der Waals surface area (Å²) in [6, 6.07) is 5.99. The molecule has 0 bridgehead atoms. The fourth-order valence-corrected chi connectivity index (χ4v) is 1.19. The van der Waals surface area contributed by atoms with Crippen LogP contribution in [0.4, 0.5) is 0 Å². The van der Waals surface area contributed by atoms with E-state index >= 15 is 0 Å². The van der Waals surface area contributed by atoms with Crippen molar-refractivity contribution in [2.45, 2.75) is 11.8 Å². The molecule has 0 saturated carbocycles. The Bertz CT molecular complexity index is 341. The van der Waals surface area contributed by atoms with E-state index in [1.54, 1.807) is 12.1 Å². The minimum atomic E-state index is -4.02. The molecule has 0 aliphatic heterocycles. The van der Waals surface area contributed by atoms with E-state index < -0.39 is 10.1 Å².